The van der Waals surface area contributed by atoms with Crippen molar-refractivity contribution in [3.05, 3.63) is 39.4 Å². The van der Waals surface area contributed by atoms with Crippen LogP contribution in [0.1, 0.15) is 17.2 Å². The highest BCUT2D eigenvalue weighted by molar-refractivity contribution is 5.42. The molecule has 5 nitrogen and oxygen atoms in total. The molecule has 0 saturated carbocycles. The van der Waals surface area contributed by atoms with Crippen LogP contribution < -0.4 is 11.5 Å². The lowest BCUT2D eigenvalue weighted by Crippen LogP contribution is -2.20. The largest absolute Gasteiger partial charge is 0.329 e. The van der Waals surface area contributed by atoms with E-state index in [9.17, 15) is 10.1 Å². The van der Waals surface area contributed by atoms with Crippen molar-refractivity contribution in [1.82, 2.24) is 0 Å². The molecule has 76 valence electrons. The maximum Gasteiger partial charge on any atom is 0.272 e. The molecule has 1 atom stereocenters. The fourth-order valence-corrected chi connectivity index (χ4v) is 1.25. The molecule has 0 amide bonds. The predicted octanol–water partition coefficient (Wildman–Crippen LogP) is 0.862. The predicted molar refractivity (Wildman–Crippen MR) is 53.8 cm³/mol. The van der Waals surface area contributed by atoms with Crippen molar-refractivity contribution < 1.29 is 4.92 Å². The van der Waals surface area contributed by atoms with E-state index in [0.29, 0.717) is 12.1 Å². The lowest BCUT2D eigenvalue weighted by molar-refractivity contribution is -0.385. The molecule has 0 heterocycles. The molecule has 0 radical (unpaired) electrons. The molecule has 1 rings (SSSR count). The molecule has 14 heavy (non-hydrogen) atoms. The van der Waals surface area contributed by atoms with Crippen LogP contribution in [-0.4, -0.2) is 11.5 Å². The van der Waals surface area contributed by atoms with Crippen molar-refractivity contribution in [2.75, 3.05) is 6.54 Å². The SMILES string of the molecule is Cc1cc([C@H](N)CN)ccc1[N+](=O)[O-]. The molecule has 0 spiro atoms. The van der Waals surface area contributed by atoms with Gasteiger partial charge in [-0.15, -0.1) is 0 Å². The van der Waals surface area contributed by atoms with Crippen molar-refractivity contribution in [3.63, 3.8) is 0 Å². The van der Waals surface area contributed by atoms with E-state index in [4.69, 9.17) is 11.5 Å². The Hall–Kier alpha value is -1.46. The summed E-state index contributed by atoms with van der Waals surface area (Å²) in [5, 5.41) is 10.5. The molecule has 5 heteroatoms. The van der Waals surface area contributed by atoms with Crippen LogP contribution in [0.3, 0.4) is 0 Å². The minimum Gasteiger partial charge on any atom is -0.329 e. The minimum atomic E-state index is -0.410. The molecular weight excluding hydrogens is 182 g/mol. The van der Waals surface area contributed by atoms with Crippen LogP contribution in [0.5, 0.6) is 0 Å². The molecule has 0 aliphatic heterocycles. The number of hydrogen-bond acceptors (Lipinski definition) is 4. The Labute approximate surface area is 81.9 Å². The van der Waals surface area contributed by atoms with Gasteiger partial charge in [-0.05, 0) is 18.6 Å². The van der Waals surface area contributed by atoms with Gasteiger partial charge in [-0.1, -0.05) is 6.07 Å². The van der Waals surface area contributed by atoms with Gasteiger partial charge >= 0.3 is 0 Å². The van der Waals surface area contributed by atoms with Crippen LogP contribution in [0.25, 0.3) is 0 Å². The molecule has 1 aromatic carbocycles. The van der Waals surface area contributed by atoms with Crippen LogP contribution in [0, 0.1) is 17.0 Å². The van der Waals surface area contributed by atoms with Crippen molar-refractivity contribution in [1.29, 1.82) is 0 Å². The van der Waals surface area contributed by atoms with Gasteiger partial charge in [0.2, 0.25) is 0 Å². The normalized spacial score (nSPS) is 12.5. The van der Waals surface area contributed by atoms with Gasteiger partial charge in [-0.25, -0.2) is 0 Å². The number of nitro benzene ring substituents is 1. The Morgan fingerprint density at radius 2 is 2.21 bits per heavy atom. The van der Waals surface area contributed by atoms with Crippen LogP contribution in [-0.2, 0) is 0 Å². The first-order valence-corrected chi connectivity index (χ1v) is 4.27. The van der Waals surface area contributed by atoms with E-state index in [-0.39, 0.29) is 11.7 Å². The van der Waals surface area contributed by atoms with Crippen molar-refractivity contribution in [2.45, 2.75) is 13.0 Å². The number of aryl methyl sites for hydroxylation is 1. The summed E-state index contributed by atoms with van der Waals surface area (Å²) >= 11 is 0. The summed E-state index contributed by atoms with van der Waals surface area (Å²) in [5.41, 5.74) is 12.6. The third kappa shape index (κ3) is 2.07. The summed E-state index contributed by atoms with van der Waals surface area (Å²) in [4.78, 5) is 10.1. The van der Waals surface area contributed by atoms with Gasteiger partial charge in [0.15, 0.2) is 0 Å². The van der Waals surface area contributed by atoms with Gasteiger partial charge in [-0.2, -0.15) is 0 Å². The first kappa shape index (κ1) is 10.6. The van der Waals surface area contributed by atoms with Gasteiger partial charge in [0, 0.05) is 24.2 Å². The lowest BCUT2D eigenvalue weighted by Gasteiger charge is -2.09. The Balaban J connectivity index is 3.06. The third-order valence-electron chi connectivity index (χ3n) is 2.10. The molecule has 0 fully saturated rings. The monoisotopic (exact) mass is 195 g/mol. The highest BCUT2D eigenvalue weighted by Gasteiger charge is 2.12. The van der Waals surface area contributed by atoms with Gasteiger partial charge in [0.05, 0.1) is 4.92 Å². The molecule has 0 saturated heterocycles. The zero-order chi connectivity index (χ0) is 10.7. The summed E-state index contributed by atoms with van der Waals surface area (Å²) in [6.45, 7) is 2.02. The zero-order valence-corrected chi connectivity index (χ0v) is 7.93. The maximum atomic E-state index is 10.5. The molecular formula is C9H13N3O2. The Morgan fingerprint density at radius 3 is 2.64 bits per heavy atom. The average molecular weight is 195 g/mol. The molecule has 0 bridgehead atoms. The number of nitro groups is 1. The number of benzene rings is 1. The van der Waals surface area contributed by atoms with E-state index < -0.39 is 4.92 Å². The van der Waals surface area contributed by atoms with E-state index in [0.717, 1.165) is 5.56 Å². The average Bonchev–Trinajstić information content (AvgIpc) is 2.15. The second kappa shape index (κ2) is 4.17. The van der Waals surface area contributed by atoms with Crippen LogP contribution in [0.4, 0.5) is 5.69 Å². The third-order valence-corrected chi connectivity index (χ3v) is 2.10. The Kier molecular flexibility index (Phi) is 3.16. The second-order valence-corrected chi connectivity index (χ2v) is 3.15. The minimum absolute atomic E-state index is 0.109. The van der Waals surface area contributed by atoms with E-state index >= 15 is 0 Å². The standard InChI is InChI=1S/C9H13N3O2/c1-6-4-7(8(11)5-10)2-3-9(6)12(13)14/h2-4,8H,5,10-11H2,1H3/t8-/m1/s1. The van der Waals surface area contributed by atoms with E-state index in [1.54, 1.807) is 19.1 Å². The maximum absolute atomic E-state index is 10.5. The quantitative estimate of drug-likeness (QED) is 0.552. The Bertz CT molecular complexity index is 352. The topological polar surface area (TPSA) is 95.2 Å². The number of nitrogens with two attached hydrogens (primary N) is 2. The highest BCUT2D eigenvalue weighted by atomic mass is 16.6. The van der Waals surface area contributed by atoms with Gasteiger partial charge in [-0.3, -0.25) is 10.1 Å². The summed E-state index contributed by atoms with van der Waals surface area (Å²) in [6.07, 6.45) is 0. The van der Waals surface area contributed by atoms with E-state index in [1.807, 2.05) is 0 Å². The van der Waals surface area contributed by atoms with E-state index in [2.05, 4.69) is 0 Å². The molecule has 0 unspecified atom stereocenters. The smallest absolute Gasteiger partial charge is 0.272 e. The fourth-order valence-electron chi connectivity index (χ4n) is 1.25. The first-order valence-electron chi connectivity index (χ1n) is 4.27. The number of hydrogen-bond donors (Lipinski definition) is 2. The number of rotatable bonds is 3. The van der Waals surface area contributed by atoms with Crippen molar-refractivity contribution >= 4 is 5.69 Å². The van der Waals surface area contributed by atoms with Crippen LogP contribution >= 0.6 is 0 Å². The molecule has 0 aliphatic rings. The fraction of sp³-hybridized carbons (Fsp3) is 0.333. The first-order chi connectivity index (χ1) is 6.56. The summed E-state index contributed by atoms with van der Waals surface area (Å²) in [5.74, 6) is 0. The van der Waals surface area contributed by atoms with Gasteiger partial charge in [0.25, 0.3) is 5.69 Å². The van der Waals surface area contributed by atoms with E-state index in [1.165, 1.54) is 6.07 Å². The van der Waals surface area contributed by atoms with Gasteiger partial charge < -0.3 is 11.5 Å². The molecule has 1 aromatic rings. The molecule has 4 N–H and O–H groups in total. The van der Waals surface area contributed by atoms with Crippen LogP contribution in [0.2, 0.25) is 0 Å². The lowest BCUT2D eigenvalue weighted by atomic mass is 10.0. The Morgan fingerprint density at radius 1 is 1.57 bits per heavy atom. The molecule has 0 aromatic heterocycles. The summed E-state index contributed by atoms with van der Waals surface area (Å²) < 4.78 is 0. The second-order valence-electron chi connectivity index (χ2n) is 3.15. The molecule has 0 aliphatic carbocycles. The van der Waals surface area contributed by atoms with Gasteiger partial charge in [0.1, 0.15) is 0 Å². The summed E-state index contributed by atoms with van der Waals surface area (Å²) in [6, 6.07) is 4.55. The summed E-state index contributed by atoms with van der Waals surface area (Å²) in [7, 11) is 0. The number of nitrogens with zero attached hydrogens (tertiary/aromatic N) is 1. The zero-order valence-electron chi connectivity index (χ0n) is 7.93. The van der Waals surface area contributed by atoms with Crippen molar-refractivity contribution in [2.24, 2.45) is 11.5 Å². The van der Waals surface area contributed by atoms with Crippen LogP contribution in [0.15, 0.2) is 18.2 Å². The van der Waals surface area contributed by atoms with Crippen molar-refractivity contribution in [3.8, 4) is 0 Å². The highest BCUT2D eigenvalue weighted by Crippen LogP contribution is 2.21.